The molecule has 8 heteroatoms. The van der Waals surface area contributed by atoms with E-state index >= 15 is 0 Å². The molecule has 1 aromatic carbocycles. The SMILES string of the molecule is CN(C)S(=O)(=O)CCNC(=O)c1ccc(F)c(Br)c1. The molecule has 0 unspecified atom stereocenters. The summed E-state index contributed by atoms with van der Waals surface area (Å²) in [5, 5.41) is 2.47. The minimum atomic E-state index is -3.34. The summed E-state index contributed by atoms with van der Waals surface area (Å²) in [7, 11) is -0.492. The Morgan fingerprint density at radius 3 is 2.58 bits per heavy atom. The van der Waals surface area contributed by atoms with Crippen LogP contribution in [0.2, 0.25) is 0 Å². The van der Waals surface area contributed by atoms with Gasteiger partial charge in [-0.15, -0.1) is 0 Å². The van der Waals surface area contributed by atoms with Crippen molar-refractivity contribution in [2.75, 3.05) is 26.4 Å². The van der Waals surface area contributed by atoms with Crippen molar-refractivity contribution in [1.82, 2.24) is 9.62 Å². The lowest BCUT2D eigenvalue weighted by molar-refractivity contribution is 0.0956. The number of carbonyl (C=O) groups excluding carboxylic acids is 1. The van der Waals surface area contributed by atoms with E-state index in [9.17, 15) is 17.6 Å². The van der Waals surface area contributed by atoms with Crippen LogP contribution in [0.25, 0.3) is 0 Å². The van der Waals surface area contributed by atoms with Gasteiger partial charge in [0, 0.05) is 26.2 Å². The number of nitrogens with zero attached hydrogens (tertiary/aromatic N) is 1. The second kappa shape index (κ2) is 6.44. The highest BCUT2D eigenvalue weighted by Crippen LogP contribution is 2.16. The van der Waals surface area contributed by atoms with Crippen LogP contribution in [0.1, 0.15) is 10.4 Å². The molecule has 106 valence electrons. The molecule has 0 aliphatic carbocycles. The highest BCUT2D eigenvalue weighted by atomic mass is 79.9. The lowest BCUT2D eigenvalue weighted by Crippen LogP contribution is -2.33. The number of halogens is 2. The number of sulfonamides is 1. The summed E-state index contributed by atoms with van der Waals surface area (Å²) in [6, 6.07) is 3.83. The molecule has 0 aliphatic rings. The zero-order valence-electron chi connectivity index (χ0n) is 10.5. The van der Waals surface area contributed by atoms with Crippen molar-refractivity contribution in [3.8, 4) is 0 Å². The molecule has 1 N–H and O–H groups in total. The molecule has 0 saturated carbocycles. The molecular formula is C11H14BrFN2O3S. The Morgan fingerprint density at radius 2 is 2.05 bits per heavy atom. The van der Waals surface area contributed by atoms with Gasteiger partial charge in [-0.25, -0.2) is 17.1 Å². The third-order valence-electron chi connectivity index (χ3n) is 2.38. The van der Waals surface area contributed by atoms with E-state index in [0.717, 1.165) is 10.4 Å². The molecule has 1 rings (SSSR count). The van der Waals surface area contributed by atoms with Gasteiger partial charge in [0.05, 0.1) is 10.2 Å². The van der Waals surface area contributed by atoms with Gasteiger partial charge in [0.2, 0.25) is 10.0 Å². The van der Waals surface area contributed by atoms with E-state index in [2.05, 4.69) is 21.2 Å². The first kappa shape index (κ1) is 16.1. The van der Waals surface area contributed by atoms with Gasteiger partial charge in [0.15, 0.2) is 0 Å². The standard InChI is InChI=1S/C11H14BrFN2O3S/c1-15(2)19(17,18)6-5-14-11(16)8-3-4-10(13)9(12)7-8/h3-4,7H,5-6H2,1-2H3,(H,14,16). The normalized spacial score (nSPS) is 11.6. The minimum Gasteiger partial charge on any atom is -0.351 e. The highest BCUT2D eigenvalue weighted by Gasteiger charge is 2.14. The average Bonchev–Trinajstić information content (AvgIpc) is 2.32. The fourth-order valence-electron chi connectivity index (χ4n) is 1.22. The maximum Gasteiger partial charge on any atom is 0.251 e. The monoisotopic (exact) mass is 352 g/mol. The topological polar surface area (TPSA) is 66.5 Å². The summed E-state index contributed by atoms with van der Waals surface area (Å²) in [4.78, 5) is 11.7. The summed E-state index contributed by atoms with van der Waals surface area (Å²) in [6.07, 6.45) is 0. The molecule has 0 heterocycles. The molecule has 0 saturated heterocycles. The van der Waals surface area contributed by atoms with Gasteiger partial charge in [-0.2, -0.15) is 0 Å². The molecule has 5 nitrogen and oxygen atoms in total. The van der Waals surface area contributed by atoms with Gasteiger partial charge in [-0.1, -0.05) is 0 Å². The van der Waals surface area contributed by atoms with Crippen molar-refractivity contribution in [3.63, 3.8) is 0 Å². The molecule has 0 spiro atoms. The van der Waals surface area contributed by atoms with Gasteiger partial charge >= 0.3 is 0 Å². The van der Waals surface area contributed by atoms with Crippen LogP contribution < -0.4 is 5.32 Å². The zero-order chi connectivity index (χ0) is 14.6. The molecule has 0 fully saturated rings. The highest BCUT2D eigenvalue weighted by molar-refractivity contribution is 9.10. The summed E-state index contributed by atoms with van der Waals surface area (Å²) < 4.78 is 37.2. The van der Waals surface area contributed by atoms with Crippen LogP contribution in [0.4, 0.5) is 4.39 Å². The van der Waals surface area contributed by atoms with Gasteiger partial charge in [-0.3, -0.25) is 4.79 Å². The quantitative estimate of drug-likeness (QED) is 0.865. The molecule has 0 aliphatic heterocycles. The van der Waals surface area contributed by atoms with Gasteiger partial charge in [-0.05, 0) is 34.1 Å². The van der Waals surface area contributed by atoms with Gasteiger partial charge < -0.3 is 5.32 Å². The van der Waals surface area contributed by atoms with Crippen molar-refractivity contribution >= 4 is 31.9 Å². The number of rotatable bonds is 5. The van der Waals surface area contributed by atoms with E-state index in [1.54, 1.807) is 0 Å². The zero-order valence-corrected chi connectivity index (χ0v) is 12.9. The Kier molecular flexibility index (Phi) is 5.45. The van der Waals surface area contributed by atoms with Crippen LogP contribution in [0, 0.1) is 5.82 Å². The van der Waals surface area contributed by atoms with Crippen molar-refractivity contribution in [2.45, 2.75) is 0 Å². The maximum absolute atomic E-state index is 13.0. The minimum absolute atomic E-state index is 0.00561. The first-order valence-corrected chi connectivity index (χ1v) is 7.77. The predicted molar refractivity (Wildman–Crippen MR) is 73.9 cm³/mol. The van der Waals surface area contributed by atoms with Crippen LogP contribution in [0.5, 0.6) is 0 Å². The Balaban J connectivity index is 2.59. The van der Waals surface area contributed by atoms with Gasteiger partial charge in [0.25, 0.3) is 5.91 Å². The van der Waals surface area contributed by atoms with Crippen LogP contribution in [-0.2, 0) is 10.0 Å². The number of benzene rings is 1. The third kappa shape index (κ3) is 4.55. The van der Waals surface area contributed by atoms with E-state index in [0.29, 0.717) is 0 Å². The predicted octanol–water partition coefficient (Wildman–Crippen LogP) is 1.21. The Bertz CT molecular complexity index is 575. The molecule has 1 amide bonds. The number of hydrogen-bond donors (Lipinski definition) is 1. The first-order valence-electron chi connectivity index (χ1n) is 5.37. The van der Waals surface area contributed by atoms with Crippen LogP contribution in [0.3, 0.4) is 0 Å². The van der Waals surface area contributed by atoms with Crippen LogP contribution in [0.15, 0.2) is 22.7 Å². The third-order valence-corrected chi connectivity index (χ3v) is 4.82. The average molecular weight is 353 g/mol. The number of hydrogen-bond acceptors (Lipinski definition) is 3. The van der Waals surface area contributed by atoms with Crippen molar-refractivity contribution in [1.29, 1.82) is 0 Å². The molecule has 0 radical (unpaired) electrons. The Labute approximate surface area is 120 Å². The summed E-state index contributed by atoms with van der Waals surface area (Å²) in [6.45, 7) is -0.00561. The lowest BCUT2D eigenvalue weighted by Gasteiger charge is -2.11. The van der Waals surface area contributed by atoms with E-state index < -0.39 is 21.7 Å². The van der Waals surface area contributed by atoms with Crippen LogP contribution in [-0.4, -0.2) is 45.0 Å². The lowest BCUT2D eigenvalue weighted by atomic mass is 10.2. The summed E-state index contributed by atoms with van der Waals surface area (Å²) >= 11 is 2.98. The molecule has 1 aromatic rings. The van der Waals surface area contributed by atoms with Crippen molar-refractivity contribution in [3.05, 3.63) is 34.1 Å². The fraction of sp³-hybridized carbons (Fsp3) is 0.364. The second-order valence-electron chi connectivity index (χ2n) is 3.98. The molecule has 0 atom stereocenters. The van der Waals surface area contributed by atoms with E-state index in [1.807, 2.05) is 0 Å². The Morgan fingerprint density at radius 1 is 1.42 bits per heavy atom. The fourth-order valence-corrected chi connectivity index (χ4v) is 2.32. The molecule has 0 aromatic heterocycles. The van der Waals surface area contributed by atoms with Crippen molar-refractivity contribution < 1.29 is 17.6 Å². The van der Waals surface area contributed by atoms with Crippen LogP contribution >= 0.6 is 15.9 Å². The van der Waals surface area contributed by atoms with Gasteiger partial charge in [0.1, 0.15) is 5.82 Å². The Hall–Kier alpha value is -0.990. The molecular weight excluding hydrogens is 339 g/mol. The number of nitrogens with one attached hydrogen (secondary N) is 1. The molecule has 0 bridgehead atoms. The summed E-state index contributed by atoms with van der Waals surface area (Å²) in [5.41, 5.74) is 0.260. The smallest absolute Gasteiger partial charge is 0.251 e. The molecule has 19 heavy (non-hydrogen) atoms. The largest absolute Gasteiger partial charge is 0.351 e. The second-order valence-corrected chi connectivity index (χ2v) is 7.14. The number of amides is 1. The van der Waals surface area contributed by atoms with Crippen molar-refractivity contribution in [2.24, 2.45) is 0 Å². The van der Waals surface area contributed by atoms with E-state index in [4.69, 9.17) is 0 Å². The maximum atomic E-state index is 13.0. The number of carbonyl (C=O) groups is 1. The van der Waals surface area contributed by atoms with E-state index in [-0.39, 0.29) is 22.3 Å². The summed E-state index contributed by atoms with van der Waals surface area (Å²) in [5.74, 6) is -1.10. The first-order chi connectivity index (χ1) is 8.74. The van der Waals surface area contributed by atoms with E-state index in [1.165, 1.54) is 26.2 Å².